The van der Waals surface area contributed by atoms with Gasteiger partial charge in [-0.3, -0.25) is 4.90 Å². The highest BCUT2D eigenvalue weighted by atomic mass is 16.5. The van der Waals surface area contributed by atoms with Crippen LogP contribution in [-0.4, -0.2) is 48.9 Å². The van der Waals surface area contributed by atoms with Crippen molar-refractivity contribution in [2.75, 3.05) is 20.8 Å². The molecule has 0 saturated carbocycles. The monoisotopic (exact) mass is 237 g/mol. The van der Waals surface area contributed by atoms with E-state index in [1.807, 2.05) is 19.2 Å². The molecule has 0 heterocycles. The van der Waals surface area contributed by atoms with E-state index in [-0.39, 0.29) is 0 Å². The zero-order chi connectivity index (χ0) is 12.8. The highest BCUT2D eigenvalue weighted by molar-refractivity contribution is 6.58. The first-order valence-corrected chi connectivity index (χ1v) is 5.68. The van der Waals surface area contributed by atoms with Gasteiger partial charge in [0.15, 0.2) is 0 Å². The highest BCUT2D eigenvalue weighted by Crippen LogP contribution is 2.05. The molecule has 0 amide bonds. The molecule has 4 nitrogen and oxygen atoms in total. The Balaban J connectivity index is 2.64. The summed E-state index contributed by atoms with van der Waals surface area (Å²) in [7, 11) is 2.30. The number of nitrogens with zero attached hydrogens (tertiary/aromatic N) is 1. The zero-order valence-corrected chi connectivity index (χ0v) is 10.6. The van der Waals surface area contributed by atoms with Crippen molar-refractivity contribution < 1.29 is 14.8 Å². The van der Waals surface area contributed by atoms with Crippen molar-refractivity contribution >= 4 is 12.6 Å². The van der Waals surface area contributed by atoms with E-state index in [1.54, 1.807) is 19.2 Å². The van der Waals surface area contributed by atoms with Crippen molar-refractivity contribution in [3.05, 3.63) is 29.8 Å². The number of hydrogen-bond donors (Lipinski definition) is 2. The lowest BCUT2D eigenvalue weighted by Gasteiger charge is -2.24. The van der Waals surface area contributed by atoms with Gasteiger partial charge in [-0.1, -0.05) is 24.3 Å². The zero-order valence-electron chi connectivity index (χ0n) is 10.6. The van der Waals surface area contributed by atoms with E-state index in [1.165, 1.54) is 0 Å². The summed E-state index contributed by atoms with van der Waals surface area (Å²) in [5.41, 5.74) is 1.58. The third kappa shape index (κ3) is 4.48. The molecule has 0 fully saturated rings. The minimum atomic E-state index is -1.41. The van der Waals surface area contributed by atoms with E-state index in [0.29, 0.717) is 18.1 Å². The highest BCUT2D eigenvalue weighted by Gasteiger charge is 2.13. The topological polar surface area (TPSA) is 52.9 Å². The van der Waals surface area contributed by atoms with Gasteiger partial charge in [0.2, 0.25) is 0 Å². The van der Waals surface area contributed by atoms with Crippen LogP contribution in [0, 0.1) is 0 Å². The molecule has 5 heteroatoms. The molecule has 0 aliphatic carbocycles. The van der Waals surface area contributed by atoms with Crippen LogP contribution >= 0.6 is 0 Å². The first-order chi connectivity index (χ1) is 8.04. The fraction of sp³-hybridized carbons (Fsp3) is 0.500. The minimum Gasteiger partial charge on any atom is -0.423 e. The molecule has 0 aromatic heterocycles. The molecule has 0 aliphatic rings. The van der Waals surface area contributed by atoms with Crippen LogP contribution in [0.5, 0.6) is 0 Å². The maximum atomic E-state index is 9.10. The summed E-state index contributed by atoms with van der Waals surface area (Å²) in [6.45, 7) is 3.53. The molecular formula is C12H20BNO3. The second kappa shape index (κ2) is 6.76. The lowest BCUT2D eigenvalue weighted by Crippen LogP contribution is -2.33. The molecular weight excluding hydrogens is 217 g/mol. The van der Waals surface area contributed by atoms with Crippen LogP contribution in [0.2, 0.25) is 0 Å². The molecule has 0 bridgehead atoms. The Morgan fingerprint density at radius 1 is 1.41 bits per heavy atom. The smallest absolute Gasteiger partial charge is 0.423 e. The number of benzene rings is 1. The van der Waals surface area contributed by atoms with E-state index < -0.39 is 7.12 Å². The average Bonchev–Trinajstić information content (AvgIpc) is 2.29. The Labute approximate surface area is 103 Å². The second-order valence-corrected chi connectivity index (χ2v) is 4.34. The molecule has 1 aromatic rings. The SMILES string of the molecule is COCC(C)N(C)Cc1cccc(B(O)O)c1. The third-order valence-electron chi connectivity index (χ3n) is 2.84. The van der Waals surface area contributed by atoms with E-state index in [4.69, 9.17) is 14.8 Å². The Bertz CT molecular complexity index is 346. The maximum absolute atomic E-state index is 9.10. The van der Waals surface area contributed by atoms with Gasteiger partial charge in [-0.2, -0.15) is 0 Å². The van der Waals surface area contributed by atoms with Crippen molar-refractivity contribution in [1.29, 1.82) is 0 Å². The third-order valence-corrected chi connectivity index (χ3v) is 2.84. The van der Waals surface area contributed by atoms with Gasteiger partial charge in [0.25, 0.3) is 0 Å². The van der Waals surface area contributed by atoms with Gasteiger partial charge in [-0.15, -0.1) is 0 Å². The maximum Gasteiger partial charge on any atom is 0.488 e. The van der Waals surface area contributed by atoms with Crippen molar-refractivity contribution in [1.82, 2.24) is 4.90 Å². The Kier molecular flexibility index (Phi) is 5.64. The van der Waals surface area contributed by atoms with Crippen molar-refractivity contribution in [3.63, 3.8) is 0 Å². The van der Waals surface area contributed by atoms with Crippen LogP contribution in [0.15, 0.2) is 24.3 Å². The van der Waals surface area contributed by atoms with Gasteiger partial charge in [0.05, 0.1) is 6.61 Å². The minimum absolute atomic E-state index is 0.322. The molecule has 2 N–H and O–H groups in total. The van der Waals surface area contributed by atoms with Crippen molar-refractivity contribution in [2.24, 2.45) is 0 Å². The fourth-order valence-electron chi connectivity index (χ4n) is 1.66. The summed E-state index contributed by atoms with van der Waals surface area (Å²) in [6, 6.07) is 7.64. The van der Waals surface area contributed by atoms with E-state index in [0.717, 1.165) is 12.1 Å². The van der Waals surface area contributed by atoms with Gasteiger partial charge in [0.1, 0.15) is 0 Å². The lowest BCUT2D eigenvalue weighted by molar-refractivity contribution is 0.112. The predicted octanol–water partition coefficient (Wildman–Crippen LogP) is -0.167. The van der Waals surface area contributed by atoms with Crippen LogP contribution in [0.25, 0.3) is 0 Å². The predicted molar refractivity (Wildman–Crippen MR) is 69.1 cm³/mol. The van der Waals surface area contributed by atoms with Crippen LogP contribution in [0.3, 0.4) is 0 Å². The van der Waals surface area contributed by atoms with Crippen LogP contribution in [-0.2, 0) is 11.3 Å². The molecule has 94 valence electrons. The molecule has 0 saturated heterocycles. The Hall–Kier alpha value is -0.875. The van der Waals surface area contributed by atoms with Gasteiger partial charge in [-0.25, -0.2) is 0 Å². The summed E-state index contributed by atoms with van der Waals surface area (Å²) in [4.78, 5) is 2.16. The number of likely N-dealkylation sites (N-methyl/N-ethyl adjacent to an activating group) is 1. The molecule has 0 aliphatic heterocycles. The van der Waals surface area contributed by atoms with Crippen LogP contribution < -0.4 is 5.46 Å². The molecule has 1 aromatic carbocycles. The number of ether oxygens (including phenoxy) is 1. The van der Waals surface area contributed by atoms with Gasteiger partial charge in [-0.05, 0) is 25.0 Å². The molecule has 17 heavy (non-hydrogen) atoms. The summed E-state index contributed by atoms with van der Waals surface area (Å²) in [6.07, 6.45) is 0. The molecule has 1 rings (SSSR count). The van der Waals surface area contributed by atoms with E-state index in [9.17, 15) is 0 Å². The Morgan fingerprint density at radius 2 is 2.12 bits per heavy atom. The number of rotatable bonds is 6. The second-order valence-electron chi connectivity index (χ2n) is 4.34. The van der Waals surface area contributed by atoms with Crippen molar-refractivity contribution in [3.8, 4) is 0 Å². The summed E-state index contributed by atoms with van der Waals surface area (Å²) < 4.78 is 5.10. The normalized spacial score (nSPS) is 12.8. The first-order valence-electron chi connectivity index (χ1n) is 5.68. The quantitative estimate of drug-likeness (QED) is 0.675. The van der Waals surface area contributed by atoms with Gasteiger partial charge >= 0.3 is 7.12 Å². The lowest BCUT2D eigenvalue weighted by atomic mass is 9.79. The van der Waals surface area contributed by atoms with Gasteiger partial charge in [0, 0.05) is 19.7 Å². The van der Waals surface area contributed by atoms with E-state index in [2.05, 4.69) is 11.8 Å². The van der Waals surface area contributed by atoms with E-state index >= 15 is 0 Å². The van der Waals surface area contributed by atoms with Crippen LogP contribution in [0.1, 0.15) is 12.5 Å². The standard InChI is InChI=1S/C12H20BNO3/c1-10(9-17-3)14(2)8-11-5-4-6-12(7-11)13(15)16/h4-7,10,15-16H,8-9H2,1-3H3. The summed E-state index contributed by atoms with van der Waals surface area (Å²) in [5.74, 6) is 0. The molecule has 1 atom stereocenters. The number of methoxy groups -OCH3 is 1. The first kappa shape index (κ1) is 14.2. The fourth-order valence-corrected chi connectivity index (χ4v) is 1.66. The largest absolute Gasteiger partial charge is 0.488 e. The Morgan fingerprint density at radius 3 is 2.71 bits per heavy atom. The average molecular weight is 237 g/mol. The molecule has 0 radical (unpaired) electrons. The summed E-state index contributed by atoms with van der Waals surface area (Å²) in [5, 5.41) is 18.2. The summed E-state index contributed by atoms with van der Waals surface area (Å²) >= 11 is 0. The van der Waals surface area contributed by atoms with Crippen molar-refractivity contribution in [2.45, 2.75) is 19.5 Å². The molecule has 0 spiro atoms. The molecule has 1 unspecified atom stereocenters. The van der Waals surface area contributed by atoms with Gasteiger partial charge < -0.3 is 14.8 Å². The van der Waals surface area contributed by atoms with Crippen LogP contribution in [0.4, 0.5) is 0 Å². The number of hydrogen-bond acceptors (Lipinski definition) is 4.